The zero-order chi connectivity index (χ0) is 13.8. The van der Waals surface area contributed by atoms with Gasteiger partial charge in [0.25, 0.3) is 0 Å². The van der Waals surface area contributed by atoms with Gasteiger partial charge in [0.05, 0.1) is 0 Å². The summed E-state index contributed by atoms with van der Waals surface area (Å²) in [4.78, 5) is 9.44. The molecule has 1 aromatic heterocycles. The topological polar surface area (TPSA) is 31.4 Å². The number of piperazine rings is 1. The van der Waals surface area contributed by atoms with E-state index in [2.05, 4.69) is 32.4 Å². The predicted molar refractivity (Wildman–Crippen MR) is 85.6 cm³/mol. The van der Waals surface area contributed by atoms with Crippen molar-refractivity contribution in [2.75, 3.05) is 37.6 Å². The molecule has 3 rings (SSSR count). The number of rotatable bonds is 5. The molecule has 0 amide bonds. The molecule has 5 heteroatoms. The minimum atomic E-state index is 0.647. The largest absolute Gasteiger partial charge is 0.346 e. The smallest absolute Gasteiger partial charge is 0.185 e. The average molecular weight is 294 g/mol. The van der Waals surface area contributed by atoms with Crippen LogP contribution in [0.15, 0.2) is 11.6 Å². The Bertz CT molecular complexity index is 381. The molecule has 1 atom stereocenters. The summed E-state index contributed by atoms with van der Waals surface area (Å²) in [5.41, 5.74) is 0. The highest BCUT2D eigenvalue weighted by Gasteiger charge is 2.23. The standard InChI is InChI=1S/C15H26N4S/c1-13(12-17-14-4-2-3-5-14)18-7-9-19(10-8-18)15-16-6-11-20-15/h6,11,13-14,17H,2-5,7-10,12H2,1H3. The fourth-order valence-corrected chi connectivity index (χ4v) is 4.02. The molecule has 4 nitrogen and oxygen atoms in total. The average Bonchev–Trinajstić information content (AvgIpc) is 3.18. The van der Waals surface area contributed by atoms with E-state index in [0.29, 0.717) is 6.04 Å². The van der Waals surface area contributed by atoms with Crippen LogP contribution in [-0.4, -0.2) is 54.7 Å². The van der Waals surface area contributed by atoms with Crippen LogP contribution in [0.1, 0.15) is 32.6 Å². The van der Waals surface area contributed by atoms with Gasteiger partial charge in [0.15, 0.2) is 5.13 Å². The van der Waals surface area contributed by atoms with Gasteiger partial charge in [0, 0.05) is 56.4 Å². The quantitative estimate of drug-likeness (QED) is 0.902. The minimum absolute atomic E-state index is 0.647. The van der Waals surface area contributed by atoms with E-state index in [1.54, 1.807) is 11.3 Å². The third-order valence-electron chi connectivity index (χ3n) is 4.68. The second kappa shape index (κ2) is 6.87. The Morgan fingerprint density at radius 2 is 2.05 bits per heavy atom. The second-order valence-electron chi connectivity index (χ2n) is 6.08. The van der Waals surface area contributed by atoms with Crippen molar-refractivity contribution in [3.8, 4) is 0 Å². The van der Waals surface area contributed by atoms with Crippen molar-refractivity contribution < 1.29 is 0 Å². The molecule has 1 saturated carbocycles. The summed E-state index contributed by atoms with van der Waals surface area (Å²) in [5, 5.41) is 7.00. The Balaban J connectivity index is 1.40. The number of nitrogens with zero attached hydrogens (tertiary/aromatic N) is 3. The molecule has 1 unspecified atom stereocenters. The van der Waals surface area contributed by atoms with E-state index in [-0.39, 0.29) is 0 Å². The molecule has 1 saturated heterocycles. The summed E-state index contributed by atoms with van der Waals surface area (Å²) < 4.78 is 0. The van der Waals surface area contributed by atoms with Crippen LogP contribution in [0.5, 0.6) is 0 Å². The van der Waals surface area contributed by atoms with Crippen molar-refractivity contribution in [1.82, 2.24) is 15.2 Å². The zero-order valence-electron chi connectivity index (χ0n) is 12.4. The van der Waals surface area contributed by atoms with Crippen LogP contribution in [0.2, 0.25) is 0 Å². The van der Waals surface area contributed by atoms with Crippen LogP contribution in [0.3, 0.4) is 0 Å². The molecule has 1 aliphatic carbocycles. The Morgan fingerprint density at radius 1 is 1.30 bits per heavy atom. The van der Waals surface area contributed by atoms with Crippen molar-refractivity contribution in [3.63, 3.8) is 0 Å². The van der Waals surface area contributed by atoms with Gasteiger partial charge in [-0.3, -0.25) is 4.90 Å². The van der Waals surface area contributed by atoms with E-state index in [9.17, 15) is 0 Å². The summed E-state index contributed by atoms with van der Waals surface area (Å²) in [6.45, 7) is 8.05. The predicted octanol–water partition coefficient (Wildman–Crippen LogP) is 2.19. The van der Waals surface area contributed by atoms with Gasteiger partial charge >= 0.3 is 0 Å². The van der Waals surface area contributed by atoms with Crippen molar-refractivity contribution in [2.24, 2.45) is 0 Å². The van der Waals surface area contributed by atoms with E-state index >= 15 is 0 Å². The molecule has 1 aromatic rings. The Hall–Kier alpha value is -0.650. The molecule has 1 N–H and O–H groups in total. The molecular weight excluding hydrogens is 268 g/mol. The van der Waals surface area contributed by atoms with E-state index in [0.717, 1.165) is 38.8 Å². The molecule has 2 fully saturated rings. The van der Waals surface area contributed by atoms with Crippen molar-refractivity contribution in [2.45, 2.75) is 44.7 Å². The highest BCUT2D eigenvalue weighted by molar-refractivity contribution is 7.13. The molecule has 0 bridgehead atoms. The van der Waals surface area contributed by atoms with Crippen molar-refractivity contribution in [3.05, 3.63) is 11.6 Å². The zero-order valence-corrected chi connectivity index (χ0v) is 13.2. The second-order valence-corrected chi connectivity index (χ2v) is 6.95. The van der Waals surface area contributed by atoms with Gasteiger partial charge in [-0.05, 0) is 19.8 Å². The van der Waals surface area contributed by atoms with Crippen LogP contribution < -0.4 is 10.2 Å². The summed E-state index contributed by atoms with van der Waals surface area (Å²) in [6.07, 6.45) is 7.49. The highest BCUT2D eigenvalue weighted by Crippen LogP contribution is 2.20. The third kappa shape index (κ3) is 3.51. The summed E-state index contributed by atoms with van der Waals surface area (Å²) in [6, 6.07) is 1.43. The molecule has 0 radical (unpaired) electrons. The molecule has 20 heavy (non-hydrogen) atoms. The van der Waals surface area contributed by atoms with E-state index < -0.39 is 0 Å². The summed E-state index contributed by atoms with van der Waals surface area (Å²) in [5.74, 6) is 0. The molecule has 0 aromatic carbocycles. The third-order valence-corrected chi connectivity index (χ3v) is 5.52. The van der Waals surface area contributed by atoms with Crippen LogP contribution >= 0.6 is 11.3 Å². The van der Waals surface area contributed by atoms with Gasteiger partial charge in [0.1, 0.15) is 0 Å². The molecule has 2 heterocycles. The maximum absolute atomic E-state index is 4.41. The first-order chi connectivity index (χ1) is 9.83. The summed E-state index contributed by atoms with van der Waals surface area (Å²) in [7, 11) is 0. The fourth-order valence-electron chi connectivity index (χ4n) is 3.32. The monoisotopic (exact) mass is 294 g/mol. The number of hydrogen-bond donors (Lipinski definition) is 1. The van der Waals surface area contributed by atoms with Gasteiger partial charge in [-0.25, -0.2) is 4.98 Å². The van der Waals surface area contributed by atoms with E-state index in [1.807, 2.05) is 6.20 Å². The lowest BCUT2D eigenvalue weighted by atomic mass is 10.2. The lowest BCUT2D eigenvalue weighted by Crippen LogP contribution is -2.52. The highest BCUT2D eigenvalue weighted by atomic mass is 32.1. The van der Waals surface area contributed by atoms with Crippen LogP contribution in [0.25, 0.3) is 0 Å². The molecule has 1 aliphatic heterocycles. The molecule has 0 spiro atoms. The number of aromatic nitrogens is 1. The number of hydrogen-bond acceptors (Lipinski definition) is 5. The number of nitrogens with one attached hydrogen (secondary N) is 1. The Kier molecular flexibility index (Phi) is 4.91. The fraction of sp³-hybridized carbons (Fsp3) is 0.800. The number of anilines is 1. The SMILES string of the molecule is CC(CNC1CCCC1)N1CCN(c2nccs2)CC1. The lowest BCUT2D eigenvalue weighted by molar-refractivity contribution is 0.189. The first kappa shape index (κ1) is 14.3. The first-order valence-electron chi connectivity index (χ1n) is 7.95. The van der Waals surface area contributed by atoms with Crippen LogP contribution in [-0.2, 0) is 0 Å². The van der Waals surface area contributed by atoms with Crippen molar-refractivity contribution in [1.29, 1.82) is 0 Å². The van der Waals surface area contributed by atoms with Gasteiger partial charge in [0.2, 0.25) is 0 Å². The van der Waals surface area contributed by atoms with Crippen molar-refractivity contribution >= 4 is 16.5 Å². The minimum Gasteiger partial charge on any atom is -0.346 e. The lowest BCUT2D eigenvalue weighted by Gasteiger charge is -2.38. The molecule has 2 aliphatic rings. The van der Waals surface area contributed by atoms with E-state index in [4.69, 9.17) is 0 Å². The van der Waals surface area contributed by atoms with Gasteiger partial charge in [-0.1, -0.05) is 12.8 Å². The number of thiazole rings is 1. The van der Waals surface area contributed by atoms with E-state index in [1.165, 1.54) is 30.8 Å². The Labute approximate surface area is 126 Å². The molecular formula is C15H26N4S. The first-order valence-corrected chi connectivity index (χ1v) is 8.83. The van der Waals surface area contributed by atoms with Crippen LogP contribution in [0.4, 0.5) is 5.13 Å². The summed E-state index contributed by atoms with van der Waals surface area (Å²) >= 11 is 1.75. The van der Waals surface area contributed by atoms with Crippen LogP contribution in [0, 0.1) is 0 Å². The Morgan fingerprint density at radius 3 is 2.70 bits per heavy atom. The van der Waals surface area contributed by atoms with Gasteiger partial charge < -0.3 is 10.2 Å². The van der Waals surface area contributed by atoms with Gasteiger partial charge in [-0.2, -0.15) is 0 Å². The normalized spacial score (nSPS) is 23.4. The maximum Gasteiger partial charge on any atom is 0.185 e. The maximum atomic E-state index is 4.41. The molecule has 112 valence electrons. The van der Waals surface area contributed by atoms with Gasteiger partial charge in [-0.15, -0.1) is 11.3 Å².